The molecule has 0 aliphatic carbocycles. The van der Waals surface area contributed by atoms with Gasteiger partial charge in [0.1, 0.15) is 0 Å². The van der Waals surface area contributed by atoms with Crippen molar-refractivity contribution in [2.24, 2.45) is 22.4 Å². The molecule has 0 saturated carbocycles. The van der Waals surface area contributed by atoms with Crippen LogP contribution in [-0.4, -0.2) is 34.7 Å². The zero-order valence-corrected chi connectivity index (χ0v) is 13.5. The molecule has 0 saturated heterocycles. The molecule has 2 unspecified atom stereocenters. The van der Waals surface area contributed by atoms with Crippen molar-refractivity contribution in [2.45, 2.75) is 18.0 Å². The molecule has 0 heterocycles. The minimum atomic E-state index is -2.22. The quantitative estimate of drug-likeness (QED) is 0.190. The van der Waals surface area contributed by atoms with E-state index in [1.807, 2.05) is 0 Å². The number of carboxylic acid groups (broad SMARTS) is 1. The highest BCUT2D eigenvalue weighted by Crippen LogP contribution is 2.18. The predicted molar refractivity (Wildman–Crippen MR) is 95.2 cm³/mol. The third kappa shape index (κ3) is 3.90. The lowest BCUT2D eigenvalue weighted by Gasteiger charge is -2.29. The second-order valence-electron chi connectivity index (χ2n) is 5.70. The van der Waals surface area contributed by atoms with Gasteiger partial charge in [0.15, 0.2) is 11.3 Å². The normalized spacial score (nSPS) is 14.8. The third-order valence-electron chi connectivity index (χ3n) is 4.01. The number of rotatable bonds is 7. The molecule has 130 valence electrons. The number of carbonyl (C=O) groups excluding carboxylic acids is 1. The van der Waals surface area contributed by atoms with Crippen LogP contribution in [-0.2, 0) is 11.2 Å². The number of carbonyl (C=O) groups is 2. The fourth-order valence-corrected chi connectivity index (χ4v) is 2.49. The zero-order chi connectivity index (χ0) is 18.4. The highest BCUT2D eigenvalue weighted by atomic mass is 16.4. The fraction of sp³-hybridized carbons (Fsp3) is 0.167. The number of hydrogen-bond acceptors (Lipinski definition) is 6. The first-order chi connectivity index (χ1) is 11.9. The number of nitrogens with zero attached hydrogens (tertiary/aromatic N) is 1. The Bertz CT molecular complexity index is 775. The van der Waals surface area contributed by atoms with E-state index in [2.05, 4.69) is 5.10 Å². The summed E-state index contributed by atoms with van der Waals surface area (Å²) >= 11 is 0. The number of ketones is 1. The number of carboxylic acids is 1. The highest BCUT2D eigenvalue weighted by Gasteiger charge is 2.47. The summed E-state index contributed by atoms with van der Waals surface area (Å²) in [5.74, 6) is 2.91. The van der Waals surface area contributed by atoms with E-state index in [1.165, 1.54) is 18.3 Å². The van der Waals surface area contributed by atoms with Gasteiger partial charge in [0, 0.05) is 11.6 Å². The summed E-state index contributed by atoms with van der Waals surface area (Å²) in [4.78, 5) is 24.4. The molecule has 0 amide bonds. The molecule has 0 fully saturated rings. The third-order valence-corrected chi connectivity index (χ3v) is 4.01. The van der Waals surface area contributed by atoms with Crippen molar-refractivity contribution >= 4 is 18.0 Å². The molecule has 7 heteroatoms. The summed E-state index contributed by atoms with van der Waals surface area (Å²) in [6, 6.07) is 14.0. The summed E-state index contributed by atoms with van der Waals surface area (Å²) in [5.41, 5.74) is 11.5. The van der Waals surface area contributed by atoms with E-state index < -0.39 is 23.3 Å². The van der Waals surface area contributed by atoms with Gasteiger partial charge in [0.25, 0.3) is 0 Å². The topological polar surface area (TPSA) is 145 Å². The number of hydrazone groups is 1. The number of aliphatic carboxylic acids is 1. The minimum absolute atomic E-state index is 0.126. The van der Waals surface area contributed by atoms with E-state index in [0.29, 0.717) is 0 Å². The highest BCUT2D eigenvalue weighted by molar-refractivity contribution is 6.16. The molecule has 7 N–H and O–H groups in total. The maximum Gasteiger partial charge on any atom is 0.333 e. The van der Waals surface area contributed by atoms with Gasteiger partial charge in [-0.3, -0.25) is 4.79 Å². The van der Waals surface area contributed by atoms with E-state index in [-0.39, 0.29) is 12.0 Å². The molecule has 0 aliphatic heterocycles. The number of hydrogen-bond donors (Lipinski definition) is 4. The molecule has 2 rings (SSSR count). The molecule has 0 aromatic heterocycles. The van der Waals surface area contributed by atoms with Crippen LogP contribution in [0.4, 0.5) is 0 Å². The van der Waals surface area contributed by atoms with Gasteiger partial charge in [-0.05, 0) is 17.5 Å². The summed E-state index contributed by atoms with van der Waals surface area (Å²) in [5, 5.41) is 13.0. The molecule has 0 bridgehead atoms. The van der Waals surface area contributed by atoms with Crippen LogP contribution in [0.5, 0.6) is 0 Å². The van der Waals surface area contributed by atoms with E-state index in [9.17, 15) is 14.7 Å². The average Bonchev–Trinajstić information content (AvgIpc) is 2.62. The van der Waals surface area contributed by atoms with Crippen LogP contribution in [0.1, 0.15) is 21.5 Å². The Morgan fingerprint density at radius 1 is 1.12 bits per heavy atom. The maximum absolute atomic E-state index is 12.7. The predicted octanol–water partition coefficient (Wildman–Crippen LogP) is 0.514. The molecule has 0 aliphatic rings. The lowest BCUT2D eigenvalue weighted by atomic mass is 9.81. The average molecular weight is 340 g/mol. The van der Waals surface area contributed by atoms with Crippen molar-refractivity contribution in [2.75, 3.05) is 0 Å². The fourth-order valence-electron chi connectivity index (χ4n) is 2.49. The smallest absolute Gasteiger partial charge is 0.333 e. The molecular formula is C18H20N4O3. The van der Waals surface area contributed by atoms with Gasteiger partial charge in [-0.2, -0.15) is 5.10 Å². The Morgan fingerprint density at radius 2 is 1.72 bits per heavy atom. The van der Waals surface area contributed by atoms with Crippen LogP contribution in [0.3, 0.4) is 0 Å². The number of benzene rings is 2. The van der Waals surface area contributed by atoms with Gasteiger partial charge in [-0.25, -0.2) is 4.79 Å². The Labute approximate surface area is 145 Å². The Kier molecular flexibility index (Phi) is 5.63. The summed E-state index contributed by atoms with van der Waals surface area (Å²) in [6.45, 7) is 0. The maximum atomic E-state index is 12.7. The molecule has 2 atom stereocenters. The zero-order valence-electron chi connectivity index (χ0n) is 13.5. The van der Waals surface area contributed by atoms with E-state index >= 15 is 0 Å². The van der Waals surface area contributed by atoms with Gasteiger partial charge < -0.3 is 22.4 Å². The molecular weight excluding hydrogens is 320 g/mol. The van der Waals surface area contributed by atoms with Crippen molar-refractivity contribution in [1.82, 2.24) is 0 Å². The van der Waals surface area contributed by atoms with Crippen LogP contribution in [0, 0.1) is 0 Å². The lowest BCUT2D eigenvalue weighted by Crippen LogP contribution is -2.66. The lowest BCUT2D eigenvalue weighted by molar-refractivity contribution is -0.142. The molecule has 0 spiro atoms. The second-order valence-corrected chi connectivity index (χ2v) is 5.70. The van der Waals surface area contributed by atoms with E-state index in [4.69, 9.17) is 17.3 Å². The first-order valence-electron chi connectivity index (χ1n) is 7.59. The van der Waals surface area contributed by atoms with Crippen LogP contribution in [0.2, 0.25) is 0 Å². The minimum Gasteiger partial charge on any atom is -0.479 e. The van der Waals surface area contributed by atoms with Crippen LogP contribution >= 0.6 is 0 Å². The standard InChI is InChI=1S/C18H20N4O3/c19-15(10-12-6-8-13(9-7-12)11-22-21)18(20,17(24)25)16(23)14-4-2-1-3-5-14/h1-9,11,15H,10,19-21H2,(H,24,25). The summed E-state index contributed by atoms with van der Waals surface area (Å²) in [7, 11) is 0. The van der Waals surface area contributed by atoms with Crippen LogP contribution in [0.15, 0.2) is 59.7 Å². The molecule has 0 radical (unpaired) electrons. The van der Waals surface area contributed by atoms with Crippen LogP contribution < -0.4 is 17.3 Å². The van der Waals surface area contributed by atoms with Crippen molar-refractivity contribution in [3.05, 3.63) is 71.3 Å². The van der Waals surface area contributed by atoms with Crippen molar-refractivity contribution < 1.29 is 14.7 Å². The Hall–Kier alpha value is -3.03. The van der Waals surface area contributed by atoms with Crippen molar-refractivity contribution in [3.63, 3.8) is 0 Å². The Morgan fingerprint density at radius 3 is 2.24 bits per heavy atom. The summed E-state index contributed by atoms with van der Waals surface area (Å²) in [6.07, 6.45) is 1.61. The first-order valence-corrected chi connectivity index (χ1v) is 7.59. The second kappa shape index (κ2) is 7.69. The molecule has 2 aromatic rings. The summed E-state index contributed by atoms with van der Waals surface area (Å²) < 4.78 is 0. The molecule has 7 nitrogen and oxygen atoms in total. The molecule has 25 heavy (non-hydrogen) atoms. The van der Waals surface area contributed by atoms with Crippen LogP contribution in [0.25, 0.3) is 0 Å². The first kappa shape index (κ1) is 18.3. The monoisotopic (exact) mass is 340 g/mol. The number of nitrogens with two attached hydrogens (primary N) is 3. The van der Waals surface area contributed by atoms with E-state index in [0.717, 1.165) is 11.1 Å². The van der Waals surface area contributed by atoms with Gasteiger partial charge in [-0.1, -0.05) is 54.6 Å². The van der Waals surface area contributed by atoms with Gasteiger partial charge >= 0.3 is 5.97 Å². The largest absolute Gasteiger partial charge is 0.479 e. The van der Waals surface area contributed by atoms with Crippen molar-refractivity contribution in [1.29, 1.82) is 0 Å². The SMILES string of the molecule is NN=Cc1ccc(CC(N)C(N)(C(=O)O)C(=O)c2ccccc2)cc1. The van der Waals surface area contributed by atoms with Gasteiger partial charge in [0.05, 0.1) is 6.21 Å². The van der Waals surface area contributed by atoms with Gasteiger partial charge in [-0.15, -0.1) is 0 Å². The number of Topliss-reactive ketones (excluding diaryl/α,β-unsaturated/α-hetero) is 1. The Balaban J connectivity index is 2.26. The van der Waals surface area contributed by atoms with Crippen molar-refractivity contribution in [3.8, 4) is 0 Å². The van der Waals surface area contributed by atoms with E-state index in [1.54, 1.807) is 42.5 Å². The molecule has 2 aromatic carbocycles. The van der Waals surface area contributed by atoms with Gasteiger partial charge in [0.2, 0.25) is 0 Å².